The summed E-state index contributed by atoms with van der Waals surface area (Å²) in [6, 6.07) is 0. The summed E-state index contributed by atoms with van der Waals surface area (Å²) in [4.78, 5) is 8.36. The molecule has 0 aromatic heterocycles. The first-order valence-corrected chi connectivity index (χ1v) is 0.494. The second kappa shape index (κ2) is 12.1. The summed E-state index contributed by atoms with van der Waals surface area (Å²) >= 11 is 0. The van der Waals surface area contributed by atoms with E-state index < -0.39 is 0 Å². The van der Waals surface area contributed by atoms with E-state index in [-0.39, 0.29) is 23.5 Å². The van der Waals surface area contributed by atoms with Crippen molar-refractivity contribution in [2.24, 2.45) is 0 Å². The maximum absolute atomic E-state index is 8.36. The monoisotopic (exact) mass is 109 g/mol. The molecule has 0 aromatic rings. The molecule has 1 N–H and O–H groups in total. The van der Waals surface area contributed by atoms with E-state index >= 15 is 0 Å². The molecule has 0 fully saturated rings. The van der Waals surface area contributed by atoms with Crippen LogP contribution in [-0.4, -0.2) is 11.6 Å². The van der Waals surface area contributed by atoms with Crippen molar-refractivity contribution in [2.75, 3.05) is 0 Å². The van der Waals surface area contributed by atoms with Gasteiger partial charge in [0.05, 0.1) is 0 Å². The van der Waals surface area contributed by atoms with Crippen molar-refractivity contribution in [1.82, 2.24) is 0 Å². The van der Waals surface area contributed by atoms with E-state index in [2.05, 4.69) is 0 Å². The normalized spacial score (nSPS) is 3.00. The molecule has 0 unspecified atom stereocenters. The Kier molecular flexibility index (Phi) is 27.2. The smallest absolute Gasteiger partial charge is 0.483 e. The summed E-state index contributed by atoms with van der Waals surface area (Å²) < 4.78 is 0. The fourth-order valence-electron chi connectivity index (χ4n) is 0. The molecular formula is CH2CuO2+2. The van der Waals surface area contributed by atoms with E-state index in [9.17, 15) is 0 Å². The Morgan fingerprint density at radius 3 is 1.75 bits per heavy atom. The standard InChI is InChI=1S/CH2O2.Cu/c2-1-3;/h1H,(H,2,3);/q;+2. The molecule has 0 saturated carbocycles. The molecule has 0 rings (SSSR count). The summed E-state index contributed by atoms with van der Waals surface area (Å²) in [6.07, 6.45) is 0. The number of hydrogen-bond donors (Lipinski definition) is 1. The zero-order valence-electron chi connectivity index (χ0n) is 1.73. The van der Waals surface area contributed by atoms with Crippen molar-refractivity contribution in [2.45, 2.75) is 0 Å². The molecule has 0 heterocycles. The van der Waals surface area contributed by atoms with Crippen LogP contribution in [-0.2, 0) is 21.9 Å². The first-order valence-electron chi connectivity index (χ1n) is 0.494. The van der Waals surface area contributed by atoms with E-state index in [0.29, 0.717) is 0 Å². The van der Waals surface area contributed by atoms with E-state index in [1.165, 1.54) is 0 Å². The van der Waals surface area contributed by atoms with Crippen LogP contribution < -0.4 is 0 Å². The Balaban J connectivity index is 0. The molecule has 0 atom stereocenters. The summed E-state index contributed by atoms with van der Waals surface area (Å²) in [6.45, 7) is -0.250. The minimum absolute atomic E-state index is 0. The Bertz CT molecular complexity index is 13.5. The second-order valence-electron chi connectivity index (χ2n) is 0.105. The van der Waals surface area contributed by atoms with Gasteiger partial charge in [-0.3, -0.25) is 4.79 Å². The number of rotatable bonds is 0. The predicted octanol–water partition coefficient (Wildman–Crippen LogP) is -0.302. The van der Waals surface area contributed by atoms with E-state index in [4.69, 9.17) is 9.90 Å². The molecule has 0 saturated heterocycles. The van der Waals surface area contributed by atoms with Gasteiger partial charge in [0.1, 0.15) is 0 Å². The van der Waals surface area contributed by atoms with Gasteiger partial charge in [-0.05, 0) is 0 Å². The van der Waals surface area contributed by atoms with Crippen LogP contribution >= 0.6 is 0 Å². The number of hydrogen-bond acceptors (Lipinski definition) is 1. The largest absolute Gasteiger partial charge is 2.00 e. The average Bonchev–Trinajstić information content (AvgIpc) is 0.918. The molecule has 0 aliphatic heterocycles. The fraction of sp³-hybridized carbons (Fsp3) is 0. The van der Waals surface area contributed by atoms with Crippen LogP contribution in [0.1, 0.15) is 0 Å². The predicted molar refractivity (Wildman–Crippen MR) is 8.69 cm³/mol. The molecule has 2 nitrogen and oxygen atoms in total. The van der Waals surface area contributed by atoms with Gasteiger partial charge in [0, 0.05) is 0 Å². The van der Waals surface area contributed by atoms with E-state index in [1.54, 1.807) is 0 Å². The molecule has 1 radical (unpaired) electrons. The van der Waals surface area contributed by atoms with Crippen LogP contribution in [0.2, 0.25) is 0 Å². The average molecular weight is 110 g/mol. The molecule has 0 amide bonds. The second-order valence-corrected chi connectivity index (χ2v) is 0.105. The van der Waals surface area contributed by atoms with Crippen LogP contribution in [0.5, 0.6) is 0 Å². The molecule has 27 valence electrons. The Hall–Kier alpha value is -0.0105. The zero-order valence-corrected chi connectivity index (χ0v) is 2.68. The third-order valence-corrected chi connectivity index (χ3v) is 0. The minimum Gasteiger partial charge on any atom is -0.483 e. The molecule has 4 heavy (non-hydrogen) atoms. The van der Waals surface area contributed by atoms with Gasteiger partial charge < -0.3 is 5.11 Å². The van der Waals surface area contributed by atoms with Gasteiger partial charge in [0.2, 0.25) is 0 Å². The summed E-state index contributed by atoms with van der Waals surface area (Å²) in [5.41, 5.74) is 0. The molecular weight excluding hydrogens is 108 g/mol. The topological polar surface area (TPSA) is 37.3 Å². The van der Waals surface area contributed by atoms with Crippen LogP contribution in [0.3, 0.4) is 0 Å². The molecule has 0 aliphatic carbocycles. The van der Waals surface area contributed by atoms with Crippen molar-refractivity contribution >= 4 is 6.47 Å². The van der Waals surface area contributed by atoms with E-state index in [0.717, 1.165) is 0 Å². The number of carboxylic acid groups (broad SMARTS) is 1. The maximum Gasteiger partial charge on any atom is 2.00 e. The molecule has 3 heteroatoms. The first-order chi connectivity index (χ1) is 1.41. The molecule has 0 spiro atoms. The molecule has 0 aliphatic rings. The third kappa shape index (κ3) is 17600. The van der Waals surface area contributed by atoms with Gasteiger partial charge in [0.15, 0.2) is 0 Å². The fourth-order valence-corrected chi connectivity index (χ4v) is 0. The van der Waals surface area contributed by atoms with Gasteiger partial charge in [-0.2, -0.15) is 0 Å². The van der Waals surface area contributed by atoms with Crippen LogP contribution in [0, 0.1) is 0 Å². The van der Waals surface area contributed by atoms with Gasteiger partial charge in [-0.25, -0.2) is 0 Å². The quantitative estimate of drug-likeness (QED) is 0.343. The summed E-state index contributed by atoms with van der Waals surface area (Å²) in [5.74, 6) is 0. The van der Waals surface area contributed by atoms with E-state index in [1.807, 2.05) is 0 Å². The van der Waals surface area contributed by atoms with Crippen molar-refractivity contribution in [1.29, 1.82) is 0 Å². The van der Waals surface area contributed by atoms with Gasteiger partial charge in [-0.1, -0.05) is 0 Å². The van der Waals surface area contributed by atoms with Crippen molar-refractivity contribution in [3.8, 4) is 0 Å². The maximum atomic E-state index is 8.36. The zero-order chi connectivity index (χ0) is 2.71. The summed E-state index contributed by atoms with van der Waals surface area (Å²) in [7, 11) is 0. The Morgan fingerprint density at radius 1 is 1.75 bits per heavy atom. The van der Waals surface area contributed by atoms with Crippen molar-refractivity contribution < 1.29 is 27.0 Å². The number of carbonyl (C=O) groups is 1. The van der Waals surface area contributed by atoms with Gasteiger partial charge in [0.25, 0.3) is 6.47 Å². The van der Waals surface area contributed by atoms with Crippen LogP contribution in [0.4, 0.5) is 0 Å². The van der Waals surface area contributed by atoms with Gasteiger partial charge >= 0.3 is 17.1 Å². The van der Waals surface area contributed by atoms with Crippen LogP contribution in [0.15, 0.2) is 0 Å². The SMILES string of the molecule is O=CO.[Cu+2]. The van der Waals surface area contributed by atoms with Crippen LogP contribution in [0.25, 0.3) is 0 Å². The third-order valence-electron chi connectivity index (χ3n) is 0. The molecule has 0 bridgehead atoms. The molecule has 0 aromatic carbocycles. The first kappa shape index (κ1) is 9.01. The Labute approximate surface area is 34.3 Å². The Morgan fingerprint density at radius 2 is 1.75 bits per heavy atom. The van der Waals surface area contributed by atoms with Crippen molar-refractivity contribution in [3.63, 3.8) is 0 Å². The minimum atomic E-state index is -0.250. The van der Waals surface area contributed by atoms with Gasteiger partial charge in [-0.15, -0.1) is 0 Å². The summed E-state index contributed by atoms with van der Waals surface area (Å²) in [5, 5.41) is 6.89. The van der Waals surface area contributed by atoms with Crippen molar-refractivity contribution in [3.05, 3.63) is 0 Å².